The zero-order valence-corrected chi connectivity index (χ0v) is 18.1. The highest BCUT2D eigenvalue weighted by Crippen LogP contribution is 2.15. The first kappa shape index (κ1) is 22.0. The molecule has 6 heteroatoms. The molecule has 1 aromatic carbocycles. The number of hydrogen-bond donors (Lipinski definition) is 2. The van der Waals surface area contributed by atoms with Gasteiger partial charge in [-0.1, -0.05) is 19.1 Å². The topological polar surface area (TPSA) is 48.9 Å². The molecule has 0 saturated carbocycles. The van der Waals surface area contributed by atoms with Gasteiger partial charge in [-0.05, 0) is 56.0 Å². The Kier molecular flexibility index (Phi) is 10.9. The third kappa shape index (κ3) is 7.81. The van der Waals surface area contributed by atoms with Gasteiger partial charge < -0.3 is 20.3 Å². The molecule has 1 fully saturated rings. The molecule has 0 spiro atoms. The quantitative estimate of drug-likeness (QED) is 0.373. The van der Waals surface area contributed by atoms with Crippen molar-refractivity contribution in [2.45, 2.75) is 26.2 Å². The third-order valence-corrected chi connectivity index (χ3v) is 4.70. The average molecular weight is 460 g/mol. The van der Waals surface area contributed by atoms with Crippen LogP contribution in [0.1, 0.15) is 25.3 Å². The second-order valence-corrected chi connectivity index (χ2v) is 6.38. The summed E-state index contributed by atoms with van der Waals surface area (Å²) in [5, 5.41) is 6.89. The van der Waals surface area contributed by atoms with Crippen molar-refractivity contribution in [3.63, 3.8) is 0 Å². The maximum absolute atomic E-state index is 5.19. The summed E-state index contributed by atoms with van der Waals surface area (Å²) in [6.07, 6.45) is 3.59. The molecule has 2 N–H and O–H groups in total. The van der Waals surface area contributed by atoms with E-state index in [0.29, 0.717) is 0 Å². The summed E-state index contributed by atoms with van der Waals surface area (Å²) in [6, 6.07) is 8.23. The zero-order chi connectivity index (χ0) is 17.2. The predicted molar refractivity (Wildman–Crippen MR) is 116 cm³/mol. The van der Waals surface area contributed by atoms with Gasteiger partial charge in [-0.3, -0.25) is 4.99 Å². The molecular weight excluding hydrogens is 427 g/mol. The van der Waals surface area contributed by atoms with E-state index < -0.39 is 0 Å². The minimum Gasteiger partial charge on any atom is -0.497 e. The first-order valence-electron chi connectivity index (χ1n) is 9.05. The van der Waals surface area contributed by atoms with Crippen molar-refractivity contribution in [3.8, 4) is 5.75 Å². The SMILES string of the molecule is CCN1CCCC(CNC(=NC)NCCc2ccc(OC)cc2)C1.I. The Labute approximate surface area is 169 Å². The van der Waals surface area contributed by atoms with Gasteiger partial charge in [-0.25, -0.2) is 0 Å². The third-order valence-electron chi connectivity index (χ3n) is 4.70. The molecular formula is C19H33IN4O. The van der Waals surface area contributed by atoms with Crippen molar-refractivity contribution in [1.29, 1.82) is 0 Å². The van der Waals surface area contributed by atoms with Gasteiger partial charge in [-0.2, -0.15) is 0 Å². The van der Waals surface area contributed by atoms with Crippen LogP contribution in [0.2, 0.25) is 0 Å². The number of guanidine groups is 1. The fourth-order valence-electron chi connectivity index (χ4n) is 3.18. The lowest BCUT2D eigenvalue weighted by Gasteiger charge is -2.32. The van der Waals surface area contributed by atoms with Gasteiger partial charge in [0, 0.05) is 26.7 Å². The van der Waals surface area contributed by atoms with Crippen LogP contribution < -0.4 is 15.4 Å². The lowest BCUT2D eigenvalue weighted by atomic mass is 9.98. The van der Waals surface area contributed by atoms with Crippen molar-refractivity contribution in [2.24, 2.45) is 10.9 Å². The van der Waals surface area contributed by atoms with Crippen LogP contribution in [0.15, 0.2) is 29.3 Å². The van der Waals surface area contributed by atoms with Crippen molar-refractivity contribution < 1.29 is 4.74 Å². The lowest BCUT2D eigenvalue weighted by molar-refractivity contribution is 0.183. The van der Waals surface area contributed by atoms with E-state index in [1.165, 1.54) is 31.5 Å². The van der Waals surface area contributed by atoms with E-state index >= 15 is 0 Å². The largest absolute Gasteiger partial charge is 0.497 e. The highest BCUT2D eigenvalue weighted by Gasteiger charge is 2.18. The summed E-state index contributed by atoms with van der Waals surface area (Å²) in [5.41, 5.74) is 1.30. The Morgan fingerprint density at radius 3 is 2.68 bits per heavy atom. The van der Waals surface area contributed by atoms with Gasteiger partial charge in [0.25, 0.3) is 0 Å². The second kappa shape index (κ2) is 12.4. The van der Waals surface area contributed by atoms with Crippen LogP contribution in [-0.2, 0) is 6.42 Å². The molecule has 0 amide bonds. The molecule has 1 aliphatic heterocycles. The number of aliphatic imine (C=N–C) groups is 1. The van der Waals surface area contributed by atoms with Gasteiger partial charge >= 0.3 is 0 Å². The number of methoxy groups -OCH3 is 1. The van der Waals surface area contributed by atoms with Crippen LogP contribution in [-0.4, -0.2) is 57.7 Å². The van der Waals surface area contributed by atoms with Crippen molar-refractivity contribution in [3.05, 3.63) is 29.8 Å². The monoisotopic (exact) mass is 460 g/mol. The normalized spacial score (nSPS) is 18.4. The van der Waals surface area contributed by atoms with E-state index in [0.717, 1.165) is 43.7 Å². The molecule has 0 bridgehead atoms. The van der Waals surface area contributed by atoms with Gasteiger partial charge in [-0.15, -0.1) is 24.0 Å². The molecule has 1 aliphatic rings. The smallest absolute Gasteiger partial charge is 0.190 e. The molecule has 1 aromatic rings. The molecule has 25 heavy (non-hydrogen) atoms. The number of nitrogens with zero attached hydrogens (tertiary/aromatic N) is 2. The molecule has 1 unspecified atom stereocenters. The summed E-state index contributed by atoms with van der Waals surface area (Å²) in [5.74, 6) is 2.52. The molecule has 1 saturated heterocycles. The zero-order valence-electron chi connectivity index (χ0n) is 15.8. The van der Waals surface area contributed by atoms with Crippen molar-refractivity contribution in [2.75, 3.05) is 46.9 Å². The maximum Gasteiger partial charge on any atom is 0.190 e. The van der Waals surface area contributed by atoms with E-state index in [1.54, 1.807) is 7.11 Å². The molecule has 1 atom stereocenters. The molecule has 0 radical (unpaired) electrons. The summed E-state index contributed by atoms with van der Waals surface area (Å²) in [7, 11) is 3.53. The van der Waals surface area contributed by atoms with Crippen molar-refractivity contribution >= 4 is 29.9 Å². The Morgan fingerprint density at radius 1 is 1.28 bits per heavy atom. The van der Waals surface area contributed by atoms with E-state index in [4.69, 9.17) is 4.74 Å². The van der Waals surface area contributed by atoms with E-state index in [9.17, 15) is 0 Å². The number of piperidine rings is 1. The number of likely N-dealkylation sites (tertiary alicyclic amines) is 1. The number of ether oxygens (including phenoxy) is 1. The standard InChI is InChI=1S/C19H32N4O.HI/c1-4-23-13-5-6-17(15-23)14-22-19(20-2)21-12-11-16-7-9-18(24-3)10-8-16;/h7-10,17H,4-6,11-15H2,1-3H3,(H2,20,21,22);1H. The highest BCUT2D eigenvalue weighted by molar-refractivity contribution is 14.0. The summed E-state index contributed by atoms with van der Waals surface area (Å²) < 4.78 is 5.19. The van der Waals surface area contributed by atoms with Crippen LogP contribution in [0, 0.1) is 5.92 Å². The molecule has 1 heterocycles. The fraction of sp³-hybridized carbons (Fsp3) is 0.632. The van der Waals surface area contributed by atoms with Crippen LogP contribution in [0.25, 0.3) is 0 Å². The summed E-state index contributed by atoms with van der Waals surface area (Å²) in [4.78, 5) is 6.87. The first-order chi connectivity index (χ1) is 11.7. The second-order valence-electron chi connectivity index (χ2n) is 6.38. The van der Waals surface area contributed by atoms with E-state index in [-0.39, 0.29) is 24.0 Å². The van der Waals surface area contributed by atoms with E-state index in [2.05, 4.69) is 39.6 Å². The van der Waals surface area contributed by atoms with Gasteiger partial charge in [0.15, 0.2) is 5.96 Å². The van der Waals surface area contributed by atoms with E-state index in [1.807, 2.05) is 19.2 Å². The van der Waals surface area contributed by atoms with Crippen LogP contribution in [0.3, 0.4) is 0 Å². The number of rotatable bonds is 7. The van der Waals surface area contributed by atoms with Gasteiger partial charge in [0.2, 0.25) is 0 Å². The highest BCUT2D eigenvalue weighted by atomic mass is 127. The molecule has 0 aromatic heterocycles. The van der Waals surface area contributed by atoms with Crippen LogP contribution in [0.5, 0.6) is 5.75 Å². The predicted octanol–water partition coefficient (Wildman–Crippen LogP) is 2.75. The van der Waals surface area contributed by atoms with Gasteiger partial charge in [0.1, 0.15) is 5.75 Å². The lowest BCUT2D eigenvalue weighted by Crippen LogP contribution is -2.44. The number of halogens is 1. The Hall–Kier alpha value is -1.02. The first-order valence-corrected chi connectivity index (χ1v) is 9.05. The fourth-order valence-corrected chi connectivity index (χ4v) is 3.18. The molecule has 0 aliphatic carbocycles. The minimum absolute atomic E-state index is 0. The molecule has 5 nitrogen and oxygen atoms in total. The number of nitrogens with one attached hydrogen (secondary N) is 2. The molecule has 2 rings (SSSR count). The van der Waals surface area contributed by atoms with Gasteiger partial charge in [0.05, 0.1) is 7.11 Å². The molecule has 142 valence electrons. The summed E-state index contributed by atoms with van der Waals surface area (Å²) >= 11 is 0. The maximum atomic E-state index is 5.19. The average Bonchev–Trinajstić information content (AvgIpc) is 2.65. The van der Waals surface area contributed by atoms with Crippen LogP contribution >= 0.6 is 24.0 Å². The Bertz CT molecular complexity index is 507. The van der Waals surface area contributed by atoms with Crippen LogP contribution in [0.4, 0.5) is 0 Å². The number of hydrogen-bond acceptors (Lipinski definition) is 3. The van der Waals surface area contributed by atoms with Crippen molar-refractivity contribution in [1.82, 2.24) is 15.5 Å². The minimum atomic E-state index is 0. The Balaban J connectivity index is 0.00000312. The summed E-state index contributed by atoms with van der Waals surface area (Å²) in [6.45, 7) is 7.73. The Morgan fingerprint density at radius 2 is 2.04 bits per heavy atom. The number of benzene rings is 1.